The van der Waals surface area contributed by atoms with Gasteiger partial charge in [-0.25, -0.2) is 0 Å². The molecule has 18 heavy (non-hydrogen) atoms. The first-order valence-corrected chi connectivity index (χ1v) is 6.04. The predicted molar refractivity (Wildman–Crippen MR) is 68.9 cm³/mol. The lowest BCUT2D eigenvalue weighted by Crippen LogP contribution is -2.22. The predicted octanol–water partition coefficient (Wildman–Crippen LogP) is 2.04. The molecule has 1 N–H and O–H groups in total. The zero-order valence-corrected chi connectivity index (χ0v) is 9.85. The summed E-state index contributed by atoms with van der Waals surface area (Å²) >= 11 is 0. The molecule has 2 aromatic carbocycles. The summed E-state index contributed by atoms with van der Waals surface area (Å²) < 4.78 is 0. The number of hydrogen-bond donors (Lipinski definition) is 1. The third-order valence-electron chi connectivity index (χ3n) is 3.36. The second-order valence-corrected chi connectivity index (χ2v) is 4.70. The van der Waals surface area contributed by atoms with Gasteiger partial charge in [0.1, 0.15) is 0 Å². The van der Waals surface area contributed by atoms with Crippen LogP contribution in [0.3, 0.4) is 0 Å². The molecule has 1 fully saturated rings. The van der Waals surface area contributed by atoms with Crippen molar-refractivity contribution in [1.82, 2.24) is 5.32 Å². The number of benzene rings is 2. The molecule has 1 atom stereocenters. The molecule has 2 amide bonds. The van der Waals surface area contributed by atoms with Crippen LogP contribution in [0, 0.1) is 5.92 Å². The Labute approximate surface area is 105 Å². The van der Waals surface area contributed by atoms with Crippen LogP contribution in [-0.2, 0) is 16.0 Å². The molecule has 0 radical (unpaired) electrons. The lowest BCUT2D eigenvalue weighted by Gasteiger charge is -2.07. The Morgan fingerprint density at radius 1 is 1.06 bits per heavy atom. The molecular formula is C15H13NO2. The van der Waals surface area contributed by atoms with Gasteiger partial charge < -0.3 is 0 Å². The third kappa shape index (κ3) is 1.99. The summed E-state index contributed by atoms with van der Waals surface area (Å²) in [4.78, 5) is 22.7. The molecule has 1 aliphatic rings. The number of amides is 2. The Hall–Kier alpha value is -2.16. The number of fused-ring (bicyclic) bond motifs is 1. The highest BCUT2D eigenvalue weighted by atomic mass is 16.2. The summed E-state index contributed by atoms with van der Waals surface area (Å²) in [7, 11) is 0. The average molecular weight is 239 g/mol. The molecule has 1 heterocycles. The quantitative estimate of drug-likeness (QED) is 0.815. The maximum absolute atomic E-state index is 11.5. The minimum Gasteiger partial charge on any atom is -0.296 e. The number of nitrogens with one attached hydrogen (secondary N) is 1. The molecule has 0 aliphatic carbocycles. The number of rotatable bonds is 2. The van der Waals surface area contributed by atoms with Crippen LogP contribution >= 0.6 is 0 Å². The first kappa shape index (κ1) is 11.0. The van der Waals surface area contributed by atoms with Crippen LogP contribution in [0.15, 0.2) is 42.5 Å². The van der Waals surface area contributed by atoms with Crippen molar-refractivity contribution in [2.75, 3.05) is 0 Å². The maximum atomic E-state index is 11.5. The molecule has 1 saturated heterocycles. The van der Waals surface area contributed by atoms with Gasteiger partial charge in [0.25, 0.3) is 0 Å². The van der Waals surface area contributed by atoms with Crippen molar-refractivity contribution in [3.8, 4) is 0 Å². The standard InChI is InChI=1S/C15H13NO2/c17-14-9-13(15(18)16-14)8-10-5-6-11-3-1-2-4-12(11)7-10/h1-7,13H,8-9H2,(H,16,17,18). The molecule has 0 saturated carbocycles. The minimum atomic E-state index is -0.210. The fourth-order valence-corrected chi connectivity index (χ4v) is 2.42. The van der Waals surface area contributed by atoms with E-state index in [2.05, 4.69) is 29.6 Å². The van der Waals surface area contributed by atoms with Crippen LogP contribution in [-0.4, -0.2) is 11.8 Å². The van der Waals surface area contributed by atoms with Gasteiger partial charge in [-0.1, -0.05) is 42.5 Å². The fourth-order valence-electron chi connectivity index (χ4n) is 2.42. The zero-order chi connectivity index (χ0) is 12.5. The van der Waals surface area contributed by atoms with Crippen molar-refractivity contribution < 1.29 is 9.59 Å². The normalized spacial score (nSPS) is 19.2. The van der Waals surface area contributed by atoms with Crippen LogP contribution in [0.4, 0.5) is 0 Å². The molecule has 0 spiro atoms. The van der Waals surface area contributed by atoms with Gasteiger partial charge in [-0.2, -0.15) is 0 Å². The van der Waals surface area contributed by atoms with Crippen LogP contribution in [0.1, 0.15) is 12.0 Å². The Kier molecular flexibility index (Phi) is 2.59. The Morgan fingerprint density at radius 3 is 2.56 bits per heavy atom. The van der Waals surface area contributed by atoms with E-state index in [0.29, 0.717) is 12.8 Å². The van der Waals surface area contributed by atoms with Crippen molar-refractivity contribution in [3.05, 3.63) is 48.0 Å². The monoisotopic (exact) mass is 239 g/mol. The van der Waals surface area contributed by atoms with E-state index in [1.54, 1.807) is 0 Å². The second-order valence-electron chi connectivity index (χ2n) is 4.70. The Bertz CT molecular complexity index is 633. The lowest BCUT2D eigenvalue weighted by molar-refractivity contribution is -0.125. The fraction of sp³-hybridized carbons (Fsp3) is 0.200. The van der Waals surface area contributed by atoms with Gasteiger partial charge in [-0.15, -0.1) is 0 Å². The highest BCUT2D eigenvalue weighted by Gasteiger charge is 2.30. The van der Waals surface area contributed by atoms with E-state index >= 15 is 0 Å². The largest absolute Gasteiger partial charge is 0.296 e. The summed E-state index contributed by atoms with van der Waals surface area (Å²) in [6.45, 7) is 0. The summed E-state index contributed by atoms with van der Waals surface area (Å²) in [5.41, 5.74) is 1.10. The van der Waals surface area contributed by atoms with Crippen molar-refractivity contribution in [1.29, 1.82) is 0 Å². The van der Waals surface area contributed by atoms with E-state index in [0.717, 1.165) is 5.56 Å². The molecular weight excluding hydrogens is 226 g/mol. The molecule has 3 nitrogen and oxygen atoms in total. The molecule has 2 aromatic rings. The van der Waals surface area contributed by atoms with Crippen molar-refractivity contribution in [2.24, 2.45) is 5.92 Å². The van der Waals surface area contributed by atoms with Gasteiger partial charge in [0.05, 0.1) is 5.92 Å². The Balaban J connectivity index is 1.87. The maximum Gasteiger partial charge on any atom is 0.230 e. The van der Waals surface area contributed by atoms with Gasteiger partial charge in [0, 0.05) is 6.42 Å². The van der Waals surface area contributed by atoms with Crippen LogP contribution in [0.25, 0.3) is 10.8 Å². The summed E-state index contributed by atoms with van der Waals surface area (Å²) in [5.74, 6) is -0.516. The van der Waals surface area contributed by atoms with Gasteiger partial charge in [-0.3, -0.25) is 14.9 Å². The minimum absolute atomic E-state index is 0.145. The molecule has 0 aromatic heterocycles. The molecule has 1 aliphatic heterocycles. The average Bonchev–Trinajstić information content (AvgIpc) is 2.68. The third-order valence-corrected chi connectivity index (χ3v) is 3.36. The number of carbonyl (C=O) groups excluding carboxylic acids is 2. The van der Waals surface area contributed by atoms with E-state index in [-0.39, 0.29) is 17.7 Å². The Morgan fingerprint density at radius 2 is 1.83 bits per heavy atom. The molecule has 0 bridgehead atoms. The van der Waals surface area contributed by atoms with E-state index in [9.17, 15) is 9.59 Å². The highest BCUT2D eigenvalue weighted by molar-refractivity contribution is 6.03. The topological polar surface area (TPSA) is 46.2 Å². The van der Waals surface area contributed by atoms with Crippen molar-refractivity contribution in [2.45, 2.75) is 12.8 Å². The lowest BCUT2D eigenvalue weighted by atomic mass is 9.96. The van der Waals surface area contributed by atoms with E-state index in [1.165, 1.54) is 10.8 Å². The summed E-state index contributed by atoms with van der Waals surface area (Å²) in [6, 6.07) is 14.3. The number of imide groups is 1. The SMILES string of the molecule is O=C1CC(Cc2ccc3ccccc3c2)C(=O)N1. The second kappa shape index (κ2) is 4.26. The van der Waals surface area contributed by atoms with Gasteiger partial charge in [-0.05, 0) is 22.8 Å². The van der Waals surface area contributed by atoms with E-state index in [1.807, 2.05) is 18.2 Å². The smallest absolute Gasteiger partial charge is 0.230 e. The summed E-state index contributed by atoms with van der Waals surface area (Å²) in [6.07, 6.45) is 0.939. The van der Waals surface area contributed by atoms with Crippen LogP contribution < -0.4 is 5.32 Å². The van der Waals surface area contributed by atoms with Gasteiger partial charge in [0.15, 0.2) is 0 Å². The number of carbonyl (C=O) groups is 2. The summed E-state index contributed by atoms with van der Waals surface area (Å²) in [5, 5.41) is 4.70. The van der Waals surface area contributed by atoms with Crippen molar-refractivity contribution >= 4 is 22.6 Å². The van der Waals surface area contributed by atoms with E-state index in [4.69, 9.17) is 0 Å². The van der Waals surface area contributed by atoms with Gasteiger partial charge >= 0.3 is 0 Å². The van der Waals surface area contributed by atoms with Crippen LogP contribution in [0.2, 0.25) is 0 Å². The molecule has 3 rings (SSSR count). The van der Waals surface area contributed by atoms with Crippen molar-refractivity contribution in [3.63, 3.8) is 0 Å². The van der Waals surface area contributed by atoms with E-state index < -0.39 is 0 Å². The highest BCUT2D eigenvalue weighted by Crippen LogP contribution is 2.21. The first-order chi connectivity index (χ1) is 8.72. The molecule has 1 unspecified atom stereocenters. The molecule has 90 valence electrons. The van der Waals surface area contributed by atoms with Crippen LogP contribution in [0.5, 0.6) is 0 Å². The first-order valence-electron chi connectivity index (χ1n) is 6.04. The molecule has 3 heteroatoms. The number of hydrogen-bond acceptors (Lipinski definition) is 2. The zero-order valence-electron chi connectivity index (χ0n) is 9.85. The van der Waals surface area contributed by atoms with Gasteiger partial charge in [0.2, 0.25) is 11.8 Å².